The van der Waals surface area contributed by atoms with E-state index in [0.717, 1.165) is 22.3 Å². The lowest BCUT2D eigenvalue weighted by Crippen LogP contribution is -2.08. The molecule has 0 saturated carbocycles. The smallest absolute Gasteiger partial charge is 0.100 e. The van der Waals surface area contributed by atoms with E-state index in [1.165, 1.54) is 0 Å². The molecule has 0 saturated heterocycles. The van der Waals surface area contributed by atoms with Crippen molar-refractivity contribution in [1.29, 1.82) is 0 Å². The van der Waals surface area contributed by atoms with E-state index in [9.17, 15) is 0 Å². The maximum atomic E-state index is 6.09. The van der Waals surface area contributed by atoms with Crippen molar-refractivity contribution in [1.82, 2.24) is 0 Å². The second-order valence-electron chi connectivity index (χ2n) is 8.30. The van der Waals surface area contributed by atoms with Crippen LogP contribution in [0.2, 0.25) is 20.1 Å². The summed E-state index contributed by atoms with van der Waals surface area (Å²) in [4.78, 5) is 0. The quantitative estimate of drug-likeness (QED) is 0.155. The molecule has 0 radical (unpaired) electrons. The molecule has 0 aliphatic heterocycles. The topological polar surface area (TPSA) is 49.4 Å². The van der Waals surface area contributed by atoms with Gasteiger partial charge >= 0.3 is 0 Å². The molecule has 38 heavy (non-hydrogen) atoms. The summed E-state index contributed by atoms with van der Waals surface area (Å²) in [5.74, 6) is 0. The van der Waals surface area contributed by atoms with Crippen molar-refractivity contribution < 1.29 is 0 Å². The highest BCUT2D eigenvalue weighted by atomic mass is 35.5. The van der Waals surface area contributed by atoms with E-state index in [1.807, 2.05) is 111 Å². The monoisotopic (exact) mass is 578 g/mol. The molecule has 0 N–H and O–H groups in total. The first-order valence-electron chi connectivity index (χ1n) is 11.6. The standard InChI is InChI=1S/C30H22Cl4N4/c1-19(35-37-29(21-3-11-25(31)12-4-21)22-5-13-26(32)14-6-22)20(2)36-38-30(23-7-15-27(33)16-8-23)24-9-17-28(34)18-10-24/h3-18H,1-2H3/b35-19+,36-20+. The fourth-order valence-electron chi connectivity index (χ4n) is 3.39. The third kappa shape index (κ3) is 7.40. The fraction of sp³-hybridized carbons (Fsp3) is 0.0667. The van der Waals surface area contributed by atoms with Gasteiger partial charge in [-0.05, 0) is 62.4 Å². The maximum absolute atomic E-state index is 6.09. The Hall–Kier alpha value is -3.28. The number of hydrogen-bond acceptors (Lipinski definition) is 4. The normalized spacial score (nSPS) is 11.7. The van der Waals surface area contributed by atoms with Gasteiger partial charge < -0.3 is 0 Å². The Morgan fingerprint density at radius 3 is 0.789 bits per heavy atom. The molecule has 0 atom stereocenters. The van der Waals surface area contributed by atoms with E-state index >= 15 is 0 Å². The summed E-state index contributed by atoms with van der Waals surface area (Å²) in [5.41, 5.74) is 6.06. The van der Waals surface area contributed by atoms with Gasteiger partial charge in [0.1, 0.15) is 11.4 Å². The van der Waals surface area contributed by atoms with Crippen LogP contribution in [0.25, 0.3) is 0 Å². The van der Waals surface area contributed by atoms with E-state index in [4.69, 9.17) is 46.4 Å². The molecule has 0 fully saturated rings. The molecule has 0 aliphatic rings. The lowest BCUT2D eigenvalue weighted by atomic mass is 10.0. The van der Waals surface area contributed by atoms with Gasteiger partial charge in [0.05, 0.1) is 11.4 Å². The Labute approximate surface area is 242 Å². The molecule has 4 aromatic rings. The number of benzene rings is 4. The summed E-state index contributed by atoms with van der Waals surface area (Å²) in [6.07, 6.45) is 0. The largest absolute Gasteiger partial charge is 0.153 e. The van der Waals surface area contributed by atoms with Crippen LogP contribution in [0.15, 0.2) is 117 Å². The zero-order valence-corrected chi connectivity index (χ0v) is 23.6. The van der Waals surface area contributed by atoms with Gasteiger partial charge in [-0.3, -0.25) is 0 Å². The summed E-state index contributed by atoms with van der Waals surface area (Å²) in [5, 5.41) is 20.6. The van der Waals surface area contributed by atoms with Gasteiger partial charge in [-0.1, -0.05) is 94.9 Å². The van der Waals surface area contributed by atoms with Crippen molar-refractivity contribution in [3.63, 3.8) is 0 Å². The number of hydrogen-bond donors (Lipinski definition) is 0. The predicted octanol–water partition coefficient (Wildman–Crippen LogP) is 9.43. The summed E-state index contributed by atoms with van der Waals surface area (Å²) in [6.45, 7) is 3.67. The van der Waals surface area contributed by atoms with Crippen LogP contribution in [0.1, 0.15) is 36.1 Å². The van der Waals surface area contributed by atoms with Crippen molar-refractivity contribution in [2.45, 2.75) is 13.8 Å². The molecule has 0 aromatic heterocycles. The molecule has 0 heterocycles. The van der Waals surface area contributed by atoms with E-state index in [2.05, 4.69) is 20.4 Å². The number of halogens is 4. The van der Waals surface area contributed by atoms with Gasteiger partial charge in [0.15, 0.2) is 0 Å². The van der Waals surface area contributed by atoms with Crippen LogP contribution in [0.5, 0.6) is 0 Å². The van der Waals surface area contributed by atoms with Crippen LogP contribution < -0.4 is 0 Å². The Balaban J connectivity index is 1.71. The van der Waals surface area contributed by atoms with Gasteiger partial charge in [-0.2, -0.15) is 10.2 Å². The Kier molecular flexibility index (Phi) is 9.48. The molecule has 0 bridgehead atoms. The van der Waals surface area contributed by atoms with Gasteiger partial charge in [0.25, 0.3) is 0 Å². The molecule has 190 valence electrons. The zero-order valence-electron chi connectivity index (χ0n) is 20.5. The summed E-state index contributed by atoms with van der Waals surface area (Å²) in [7, 11) is 0. The molecular weight excluding hydrogens is 558 g/mol. The highest BCUT2D eigenvalue weighted by molar-refractivity contribution is 6.40. The minimum Gasteiger partial charge on any atom is -0.153 e. The fourth-order valence-corrected chi connectivity index (χ4v) is 3.89. The molecule has 4 nitrogen and oxygen atoms in total. The average Bonchev–Trinajstić information content (AvgIpc) is 2.92. The Morgan fingerprint density at radius 2 is 0.579 bits per heavy atom. The van der Waals surface area contributed by atoms with Gasteiger partial charge in [0, 0.05) is 42.3 Å². The Bertz CT molecular complexity index is 1310. The van der Waals surface area contributed by atoms with E-state index in [0.29, 0.717) is 42.9 Å². The zero-order chi connectivity index (χ0) is 27.1. The molecule has 4 rings (SSSR count). The van der Waals surface area contributed by atoms with E-state index in [-0.39, 0.29) is 0 Å². The van der Waals surface area contributed by atoms with Crippen molar-refractivity contribution in [3.05, 3.63) is 139 Å². The van der Waals surface area contributed by atoms with Crippen LogP contribution in [-0.4, -0.2) is 22.8 Å². The van der Waals surface area contributed by atoms with Gasteiger partial charge in [-0.15, -0.1) is 10.2 Å². The SMILES string of the molecule is CC(=N\N=C(c1ccc(Cl)cc1)c1ccc(Cl)cc1)/C(C)=N/N=C(c1ccc(Cl)cc1)c1ccc(Cl)cc1. The van der Waals surface area contributed by atoms with E-state index < -0.39 is 0 Å². The first-order valence-corrected chi connectivity index (χ1v) is 13.1. The van der Waals surface area contributed by atoms with Gasteiger partial charge in [-0.25, -0.2) is 0 Å². The molecule has 4 aromatic carbocycles. The van der Waals surface area contributed by atoms with Crippen molar-refractivity contribution in [2.24, 2.45) is 20.4 Å². The lowest BCUT2D eigenvalue weighted by Gasteiger charge is -2.07. The summed E-state index contributed by atoms with van der Waals surface area (Å²) < 4.78 is 0. The van der Waals surface area contributed by atoms with Crippen LogP contribution in [-0.2, 0) is 0 Å². The summed E-state index contributed by atoms with van der Waals surface area (Å²) >= 11 is 24.4. The van der Waals surface area contributed by atoms with Crippen LogP contribution >= 0.6 is 46.4 Å². The van der Waals surface area contributed by atoms with Crippen LogP contribution in [0.3, 0.4) is 0 Å². The Morgan fingerprint density at radius 1 is 0.368 bits per heavy atom. The molecule has 0 aliphatic carbocycles. The molecular formula is C30H22Cl4N4. The molecule has 0 spiro atoms. The lowest BCUT2D eigenvalue weighted by molar-refractivity contribution is 1.21. The number of nitrogens with zero attached hydrogens (tertiary/aromatic N) is 4. The molecule has 8 heteroatoms. The first kappa shape index (κ1) is 27.7. The van der Waals surface area contributed by atoms with Crippen LogP contribution in [0.4, 0.5) is 0 Å². The second-order valence-corrected chi connectivity index (χ2v) is 10.0. The second kappa shape index (κ2) is 13.0. The third-order valence-electron chi connectivity index (χ3n) is 5.59. The summed E-state index contributed by atoms with van der Waals surface area (Å²) in [6, 6.07) is 29.7. The minimum atomic E-state index is 0.612. The van der Waals surface area contributed by atoms with Crippen molar-refractivity contribution in [3.8, 4) is 0 Å². The minimum absolute atomic E-state index is 0.612. The predicted molar refractivity (Wildman–Crippen MR) is 163 cm³/mol. The van der Waals surface area contributed by atoms with Crippen molar-refractivity contribution >= 4 is 69.3 Å². The average molecular weight is 580 g/mol. The highest BCUT2D eigenvalue weighted by Gasteiger charge is 2.10. The van der Waals surface area contributed by atoms with Crippen molar-refractivity contribution in [2.75, 3.05) is 0 Å². The first-order chi connectivity index (χ1) is 18.3. The molecule has 0 amide bonds. The molecule has 0 unspecified atom stereocenters. The highest BCUT2D eigenvalue weighted by Crippen LogP contribution is 2.19. The number of rotatable bonds is 7. The van der Waals surface area contributed by atoms with Crippen LogP contribution in [0, 0.1) is 0 Å². The van der Waals surface area contributed by atoms with E-state index in [1.54, 1.807) is 0 Å². The van der Waals surface area contributed by atoms with Gasteiger partial charge in [0.2, 0.25) is 0 Å². The maximum Gasteiger partial charge on any atom is 0.100 e. The third-order valence-corrected chi connectivity index (χ3v) is 6.60.